The number of aromatic amines is 1. The van der Waals surface area contributed by atoms with Crippen molar-refractivity contribution in [2.24, 2.45) is 5.41 Å². The maximum Gasteiger partial charge on any atom is 0.293 e. The number of piperazine rings is 1. The molecule has 2 atom stereocenters. The largest absolute Gasteiger partial charge is 0.455 e. The second-order valence-electron chi connectivity index (χ2n) is 16.9. The summed E-state index contributed by atoms with van der Waals surface area (Å²) in [6.45, 7) is 11.4. The van der Waals surface area contributed by atoms with Crippen LogP contribution in [0, 0.1) is 15.5 Å². The highest BCUT2D eigenvalue weighted by molar-refractivity contribution is 7.90. The zero-order valence-electron chi connectivity index (χ0n) is 34.9. The fourth-order valence-electron chi connectivity index (χ4n) is 8.55. The predicted molar refractivity (Wildman–Crippen MR) is 239 cm³/mol. The van der Waals surface area contributed by atoms with Crippen molar-refractivity contribution in [3.05, 3.63) is 117 Å². The molecular formula is C45H50ClN7O8S. The highest BCUT2D eigenvalue weighted by Gasteiger charge is 2.32. The van der Waals surface area contributed by atoms with E-state index in [1.165, 1.54) is 41.1 Å². The Balaban J connectivity index is 1.02. The number of nitrogens with one attached hydrogen (secondary N) is 3. The van der Waals surface area contributed by atoms with E-state index < -0.39 is 31.4 Å². The number of rotatable bonds is 13. The van der Waals surface area contributed by atoms with Gasteiger partial charge in [-0.1, -0.05) is 43.2 Å². The van der Waals surface area contributed by atoms with Crippen molar-refractivity contribution < 1.29 is 32.3 Å². The average molecular weight is 884 g/mol. The first-order chi connectivity index (χ1) is 29.7. The number of anilines is 2. The van der Waals surface area contributed by atoms with Crippen molar-refractivity contribution in [2.75, 3.05) is 62.8 Å². The molecule has 62 heavy (non-hydrogen) atoms. The topological polar surface area (TPSA) is 181 Å². The summed E-state index contributed by atoms with van der Waals surface area (Å²) in [6.07, 6.45) is 6.12. The second kappa shape index (κ2) is 18.1. The van der Waals surface area contributed by atoms with E-state index in [0.717, 1.165) is 61.1 Å². The van der Waals surface area contributed by atoms with E-state index in [1.807, 2.05) is 18.2 Å². The van der Waals surface area contributed by atoms with Crippen LogP contribution in [0.3, 0.4) is 0 Å². The van der Waals surface area contributed by atoms with E-state index >= 15 is 0 Å². The van der Waals surface area contributed by atoms with Crippen molar-refractivity contribution >= 4 is 61.2 Å². The summed E-state index contributed by atoms with van der Waals surface area (Å²) >= 11 is 6.24. The highest BCUT2D eigenvalue weighted by Crippen LogP contribution is 2.43. The summed E-state index contributed by atoms with van der Waals surface area (Å²) < 4.78 is 46.8. The molecule has 0 spiro atoms. The summed E-state index contributed by atoms with van der Waals surface area (Å²) in [5, 5.41) is 16.5. The van der Waals surface area contributed by atoms with Gasteiger partial charge in [0.05, 0.1) is 47.5 Å². The Bertz CT molecular complexity index is 2610. The number of nitrogens with zero attached hydrogens (tertiary/aromatic N) is 4. The Morgan fingerprint density at radius 1 is 1.08 bits per heavy atom. The maximum atomic E-state index is 14.0. The van der Waals surface area contributed by atoms with E-state index in [1.54, 1.807) is 24.4 Å². The van der Waals surface area contributed by atoms with Gasteiger partial charge in [-0.15, -0.1) is 0 Å². The lowest BCUT2D eigenvalue weighted by molar-refractivity contribution is -0.384. The summed E-state index contributed by atoms with van der Waals surface area (Å²) in [7, 11) is -4.59. The maximum absolute atomic E-state index is 14.0. The van der Waals surface area contributed by atoms with Gasteiger partial charge in [0.2, 0.25) is 0 Å². The molecule has 4 heterocycles. The van der Waals surface area contributed by atoms with Gasteiger partial charge in [0.15, 0.2) is 0 Å². The zero-order chi connectivity index (χ0) is 43.6. The number of nitro benzene ring substituents is 1. The Morgan fingerprint density at radius 3 is 2.66 bits per heavy atom. The van der Waals surface area contributed by atoms with Gasteiger partial charge in [-0.3, -0.25) is 19.8 Å². The lowest BCUT2D eigenvalue weighted by Gasteiger charge is -2.43. The highest BCUT2D eigenvalue weighted by atomic mass is 35.5. The number of amides is 1. The number of carbonyl (C=O) groups is 1. The van der Waals surface area contributed by atoms with Crippen LogP contribution in [-0.4, -0.2) is 98.8 Å². The molecule has 2 aromatic heterocycles. The van der Waals surface area contributed by atoms with Crippen molar-refractivity contribution in [1.29, 1.82) is 0 Å². The monoisotopic (exact) mass is 883 g/mol. The van der Waals surface area contributed by atoms with E-state index in [9.17, 15) is 23.3 Å². The minimum Gasteiger partial charge on any atom is -0.455 e. The molecule has 1 amide bonds. The van der Waals surface area contributed by atoms with Crippen LogP contribution < -0.4 is 19.7 Å². The minimum absolute atomic E-state index is 0.0538. The molecule has 3 aliphatic rings. The summed E-state index contributed by atoms with van der Waals surface area (Å²) in [5.74, 6) is -0.518. The number of nitro groups is 1. The normalized spacial score (nSPS) is 19.6. The number of H-pyrrole nitrogens is 1. The smallest absolute Gasteiger partial charge is 0.293 e. The fraction of sp³-hybridized carbons (Fsp3) is 0.378. The van der Waals surface area contributed by atoms with Crippen molar-refractivity contribution in [2.45, 2.75) is 57.1 Å². The molecule has 0 radical (unpaired) electrons. The number of carbonyl (C=O) groups excluding carboxylic acids is 1. The van der Waals surface area contributed by atoms with Crippen molar-refractivity contribution in [3.63, 3.8) is 0 Å². The van der Waals surface area contributed by atoms with E-state index in [2.05, 4.69) is 62.7 Å². The standard InChI is InChI=1S/C45H50ClN7O8S/c1-29-26-51(27-32-23-45(2,3)14-12-38(32)30-4-6-33(46)7-5-30)16-17-52(29)34-8-10-39(42(21-34)61-35-20-31-13-15-47-43(31)49-24-35)44(54)50-62(57,58)37-9-11-40(41(22-37)53(55)56)48-25-36-28-59-18-19-60-36/h4-11,13,15,20-22,24,29,36,48H,12,14,16-19,23,25-28H2,1-3H3,(H,47,49)(H,50,54)/t29-,36+/m1/s1. The number of benzene rings is 3. The molecule has 17 heteroatoms. The van der Waals surface area contributed by atoms with Crippen molar-refractivity contribution in [1.82, 2.24) is 19.6 Å². The number of pyridine rings is 1. The summed E-state index contributed by atoms with van der Waals surface area (Å²) in [5.41, 5.74) is 5.32. The van der Waals surface area contributed by atoms with E-state index in [4.69, 9.17) is 25.8 Å². The van der Waals surface area contributed by atoms with Crippen LogP contribution in [0.5, 0.6) is 11.5 Å². The molecule has 326 valence electrons. The molecular weight excluding hydrogens is 834 g/mol. The molecule has 0 unspecified atom stereocenters. The predicted octanol–water partition coefficient (Wildman–Crippen LogP) is 8.04. The average Bonchev–Trinajstić information content (AvgIpc) is 3.71. The molecule has 5 aromatic rings. The molecule has 3 aromatic carbocycles. The van der Waals surface area contributed by atoms with E-state index in [-0.39, 0.29) is 41.1 Å². The first kappa shape index (κ1) is 43.1. The summed E-state index contributed by atoms with van der Waals surface area (Å²) in [6, 6.07) is 20.3. The molecule has 2 saturated heterocycles. The molecule has 1 aliphatic carbocycles. The van der Waals surface area contributed by atoms with Crippen LogP contribution >= 0.6 is 11.6 Å². The minimum atomic E-state index is -4.59. The second-order valence-corrected chi connectivity index (χ2v) is 19.0. The van der Waals surface area contributed by atoms with Crippen LogP contribution in [-0.2, 0) is 19.5 Å². The molecule has 3 N–H and O–H groups in total. The molecule has 0 bridgehead atoms. The van der Waals surface area contributed by atoms with Gasteiger partial charge in [-0.25, -0.2) is 18.1 Å². The lowest BCUT2D eigenvalue weighted by Crippen LogP contribution is -2.52. The van der Waals surface area contributed by atoms with Crippen LogP contribution in [0.25, 0.3) is 16.6 Å². The number of aromatic nitrogens is 2. The van der Waals surface area contributed by atoms with Crippen molar-refractivity contribution in [3.8, 4) is 11.5 Å². The van der Waals surface area contributed by atoms with Gasteiger partial charge in [0, 0.05) is 73.2 Å². The molecule has 15 nitrogen and oxygen atoms in total. The Labute approximate surface area is 365 Å². The van der Waals surface area contributed by atoms with Gasteiger partial charge in [-0.2, -0.15) is 0 Å². The fourth-order valence-corrected chi connectivity index (χ4v) is 9.66. The van der Waals surface area contributed by atoms with Crippen LogP contribution in [0.1, 0.15) is 56.0 Å². The molecule has 2 fully saturated rings. The van der Waals surface area contributed by atoms with Gasteiger partial charge in [0.25, 0.3) is 21.6 Å². The number of halogens is 1. The van der Waals surface area contributed by atoms with Gasteiger partial charge < -0.3 is 29.4 Å². The van der Waals surface area contributed by atoms with Crippen LogP contribution in [0.2, 0.25) is 5.02 Å². The van der Waals surface area contributed by atoms with Gasteiger partial charge in [0.1, 0.15) is 22.8 Å². The van der Waals surface area contributed by atoms with Gasteiger partial charge in [-0.05, 0) is 91.3 Å². The third-order valence-corrected chi connectivity index (χ3v) is 13.3. The SMILES string of the molecule is C[C@@H]1CN(CC2=C(c3ccc(Cl)cc3)CCC(C)(C)C2)CCN1c1ccc(C(=O)NS(=O)(=O)c2ccc(NC[C@H]3COCCO3)c([N+](=O)[O-])c2)c(Oc2cnc3[nH]ccc3c2)c1. The van der Waals surface area contributed by atoms with Crippen LogP contribution in [0.4, 0.5) is 17.1 Å². The first-order valence-corrected chi connectivity index (χ1v) is 22.6. The third-order valence-electron chi connectivity index (χ3n) is 11.7. The Hall–Kier alpha value is -5.52. The number of fused-ring (bicyclic) bond motifs is 1. The third kappa shape index (κ3) is 9.90. The lowest BCUT2D eigenvalue weighted by atomic mass is 9.72. The Kier molecular flexibility index (Phi) is 12.6. The Morgan fingerprint density at radius 2 is 1.90 bits per heavy atom. The van der Waals surface area contributed by atoms with Gasteiger partial charge >= 0.3 is 0 Å². The quantitative estimate of drug-likeness (QED) is 0.0766. The summed E-state index contributed by atoms with van der Waals surface area (Å²) in [4.78, 5) is 37.1. The number of allylic oxidation sites excluding steroid dienone is 1. The number of sulfonamides is 1. The number of ether oxygens (including phenoxy) is 3. The molecule has 8 rings (SSSR count). The molecule has 0 saturated carbocycles. The molecule has 2 aliphatic heterocycles. The number of hydrogen-bond acceptors (Lipinski definition) is 12. The number of hydrogen-bond donors (Lipinski definition) is 3. The zero-order valence-corrected chi connectivity index (χ0v) is 36.4. The first-order valence-electron chi connectivity index (χ1n) is 20.7. The van der Waals surface area contributed by atoms with Crippen LogP contribution in [0.15, 0.2) is 95.7 Å². The van der Waals surface area contributed by atoms with E-state index in [0.29, 0.717) is 37.8 Å².